The van der Waals surface area contributed by atoms with Crippen molar-refractivity contribution in [3.8, 4) is 5.75 Å². The molecule has 1 saturated heterocycles. The quantitative estimate of drug-likeness (QED) is 0.561. The van der Waals surface area contributed by atoms with Crippen LogP contribution in [0, 0.1) is 5.92 Å². The highest BCUT2D eigenvalue weighted by molar-refractivity contribution is 5.82. The molecule has 1 amide bonds. The molecule has 1 saturated carbocycles. The van der Waals surface area contributed by atoms with Gasteiger partial charge in [0.25, 0.3) is 5.91 Å². The van der Waals surface area contributed by atoms with E-state index in [1.54, 1.807) is 12.1 Å². The minimum Gasteiger partial charge on any atom is -0.484 e. The maximum absolute atomic E-state index is 13.4. The van der Waals surface area contributed by atoms with Crippen LogP contribution in [-0.4, -0.2) is 34.7 Å². The fourth-order valence-corrected chi connectivity index (χ4v) is 5.84. The van der Waals surface area contributed by atoms with Crippen LogP contribution < -0.4 is 10.4 Å². The van der Waals surface area contributed by atoms with Gasteiger partial charge in [-0.15, -0.1) is 0 Å². The molecule has 0 spiro atoms. The summed E-state index contributed by atoms with van der Waals surface area (Å²) in [5.74, 6) is 0.397. The maximum atomic E-state index is 13.4. The van der Waals surface area contributed by atoms with Gasteiger partial charge in [-0.05, 0) is 48.9 Å². The Balaban J connectivity index is 1.37. The zero-order valence-corrected chi connectivity index (χ0v) is 19.5. The molecule has 2 fully saturated rings. The maximum Gasteiger partial charge on any atom is 0.336 e. The highest BCUT2D eigenvalue weighted by Crippen LogP contribution is 2.49. The largest absolute Gasteiger partial charge is 0.484 e. The summed E-state index contributed by atoms with van der Waals surface area (Å²) < 4.78 is 11.2. The number of carbonyl (C=O) groups is 1. The van der Waals surface area contributed by atoms with Crippen LogP contribution in [0.1, 0.15) is 56.2 Å². The summed E-state index contributed by atoms with van der Waals surface area (Å²) in [5, 5.41) is 12.3. The van der Waals surface area contributed by atoms with E-state index in [0.29, 0.717) is 24.3 Å². The van der Waals surface area contributed by atoms with Crippen molar-refractivity contribution >= 4 is 16.9 Å². The number of carbonyl (C=O) groups excluding carboxylic acids is 1. The Bertz CT molecular complexity index is 1240. The molecule has 1 aliphatic heterocycles. The van der Waals surface area contributed by atoms with Crippen molar-refractivity contribution < 1.29 is 19.1 Å². The Hall–Kier alpha value is -3.12. The highest BCUT2D eigenvalue weighted by atomic mass is 16.5. The van der Waals surface area contributed by atoms with E-state index in [-0.39, 0.29) is 24.5 Å². The van der Waals surface area contributed by atoms with E-state index in [2.05, 4.69) is 0 Å². The normalized spacial score (nSPS) is 24.6. The second-order valence-electron chi connectivity index (χ2n) is 9.54. The van der Waals surface area contributed by atoms with Crippen LogP contribution in [0.3, 0.4) is 0 Å². The summed E-state index contributed by atoms with van der Waals surface area (Å²) in [6.07, 6.45) is 5.11. The molecule has 1 N–H and O–H groups in total. The van der Waals surface area contributed by atoms with E-state index in [4.69, 9.17) is 9.15 Å². The molecule has 6 heteroatoms. The zero-order chi connectivity index (χ0) is 23.7. The third-order valence-electron chi connectivity index (χ3n) is 7.57. The molecule has 1 aromatic heterocycles. The average molecular weight is 462 g/mol. The Kier molecular flexibility index (Phi) is 6.17. The number of hydrogen-bond donors (Lipinski definition) is 1. The topological polar surface area (TPSA) is 80.0 Å². The van der Waals surface area contributed by atoms with Crippen LogP contribution in [0.5, 0.6) is 5.75 Å². The number of rotatable bonds is 5. The van der Waals surface area contributed by atoms with Crippen LogP contribution in [-0.2, 0) is 11.2 Å². The van der Waals surface area contributed by atoms with E-state index in [1.165, 1.54) is 6.07 Å². The SMILES string of the molecule is CCc1cc(=O)oc2cc(OCC(=O)N3CC[C@@]4(O)CCCC[C@H]4[C@@H]3c3ccccc3)ccc12. The second kappa shape index (κ2) is 9.26. The average Bonchev–Trinajstić information content (AvgIpc) is 2.86. The molecule has 2 aromatic carbocycles. The summed E-state index contributed by atoms with van der Waals surface area (Å²) in [5.41, 5.74) is 1.33. The van der Waals surface area contributed by atoms with Crippen LogP contribution in [0.4, 0.5) is 0 Å². The van der Waals surface area contributed by atoms with E-state index in [9.17, 15) is 14.7 Å². The molecular weight excluding hydrogens is 430 g/mol. The predicted octanol–water partition coefficient (Wildman–Crippen LogP) is 4.63. The van der Waals surface area contributed by atoms with Gasteiger partial charge in [0.15, 0.2) is 6.61 Å². The Morgan fingerprint density at radius 1 is 1.15 bits per heavy atom. The van der Waals surface area contributed by atoms with Gasteiger partial charge in [-0.1, -0.05) is 50.1 Å². The predicted molar refractivity (Wildman–Crippen MR) is 130 cm³/mol. The summed E-state index contributed by atoms with van der Waals surface area (Å²) >= 11 is 0. The molecule has 3 atom stereocenters. The summed E-state index contributed by atoms with van der Waals surface area (Å²) in [6.45, 7) is 2.38. The molecule has 1 aliphatic carbocycles. The number of nitrogens with zero attached hydrogens (tertiary/aromatic N) is 1. The number of likely N-dealkylation sites (tertiary alicyclic amines) is 1. The van der Waals surface area contributed by atoms with Crippen molar-refractivity contribution in [1.82, 2.24) is 4.90 Å². The minimum atomic E-state index is -0.719. The van der Waals surface area contributed by atoms with Crippen molar-refractivity contribution in [2.45, 2.75) is 57.1 Å². The monoisotopic (exact) mass is 461 g/mol. The number of fused-ring (bicyclic) bond motifs is 2. The van der Waals surface area contributed by atoms with Gasteiger partial charge in [0.05, 0.1) is 11.6 Å². The number of aryl methyl sites for hydroxylation is 1. The first kappa shape index (κ1) is 22.7. The molecule has 0 radical (unpaired) electrons. The fraction of sp³-hybridized carbons (Fsp3) is 0.429. The van der Waals surface area contributed by atoms with Crippen LogP contribution in [0.2, 0.25) is 0 Å². The number of benzene rings is 2. The molecular formula is C28H31NO5. The van der Waals surface area contributed by atoms with Crippen molar-refractivity contribution in [1.29, 1.82) is 0 Å². The number of ether oxygens (including phenoxy) is 1. The van der Waals surface area contributed by atoms with Gasteiger partial charge in [-0.25, -0.2) is 4.79 Å². The van der Waals surface area contributed by atoms with Crippen molar-refractivity contribution in [3.05, 3.63) is 76.1 Å². The molecule has 0 bridgehead atoms. The Morgan fingerprint density at radius 3 is 2.76 bits per heavy atom. The van der Waals surface area contributed by atoms with Gasteiger partial charge >= 0.3 is 5.63 Å². The molecule has 3 aromatic rings. The summed E-state index contributed by atoms with van der Waals surface area (Å²) in [6, 6.07) is 16.7. The van der Waals surface area contributed by atoms with E-state index in [1.807, 2.05) is 48.2 Å². The molecule has 178 valence electrons. The second-order valence-corrected chi connectivity index (χ2v) is 9.54. The minimum absolute atomic E-state index is 0.0174. The lowest BCUT2D eigenvalue weighted by atomic mass is 9.66. The third kappa shape index (κ3) is 4.23. The summed E-state index contributed by atoms with van der Waals surface area (Å²) in [7, 11) is 0. The Morgan fingerprint density at radius 2 is 1.97 bits per heavy atom. The lowest BCUT2D eigenvalue weighted by molar-refractivity contribution is -0.157. The zero-order valence-electron chi connectivity index (χ0n) is 19.5. The third-order valence-corrected chi connectivity index (χ3v) is 7.57. The Labute approximate surface area is 199 Å². The number of amides is 1. The van der Waals surface area contributed by atoms with Gasteiger partial charge in [0.2, 0.25) is 0 Å². The number of piperidine rings is 1. The first-order valence-electron chi connectivity index (χ1n) is 12.2. The van der Waals surface area contributed by atoms with E-state index < -0.39 is 11.2 Å². The lowest BCUT2D eigenvalue weighted by Crippen LogP contribution is -2.56. The van der Waals surface area contributed by atoms with Crippen LogP contribution in [0.15, 0.2) is 63.8 Å². The van der Waals surface area contributed by atoms with Gasteiger partial charge in [0, 0.05) is 30.0 Å². The molecule has 6 nitrogen and oxygen atoms in total. The first-order valence-corrected chi connectivity index (χ1v) is 12.2. The van der Waals surface area contributed by atoms with E-state index >= 15 is 0 Å². The van der Waals surface area contributed by atoms with Crippen molar-refractivity contribution in [2.75, 3.05) is 13.2 Å². The standard InChI is InChI=1S/C28H31NO5/c1-2-19-16-26(31)34-24-17-21(11-12-22(19)24)33-18-25(30)29-15-14-28(32)13-7-6-10-23(28)27(29)20-8-4-3-5-9-20/h3-5,8-9,11-12,16-17,23,27,32H,2,6-7,10,13-15,18H2,1H3/t23-,27-,28-/m0/s1. The molecule has 2 aliphatic rings. The highest BCUT2D eigenvalue weighted by Gasteiger charge is 2.50. The number of aliphatic hydroxyl groups is 1. The fourth-order valence-electron chi connectivity index (χ4n) is 5.84. The molecule has 34 heavy (non-hydrogen) atoms. The first-order chi connectivity index (χ1) is 16.5. The van der Waals surface area contributed by atoms with Crippen LogP contribution in [0.25, 0.3) is 11.0 Å². The van der Waals surface area contributed by atoms with E-state index in [0.717, 1.165) is 48.6 Å². The van der Waals surface area contributed by atoms with Crippen LogP contribution >= 0.6 is 0 Å². The molecule has 5 rings (SSSR count). The number of hydrogen-bond acceptors (Lipinski definition) is 5. The lowest BCUT2D eigenvalue weighted by Gasteiger charge is -2.52. The van der Waals surface area contributed by atoms with Gasteiger partial charge in [0.1, 0.15) is 11.3 Å². The summed E-state index contributed by atoms with van der Waals surface area (Å²) in [4.78, 5) is 27.2. The molecule has 0 unspecified atom stereocenters. The van der Waals surface area contributed by atoms with Crippen molar-refractivity contribution in [2.24, 2.45) is 5.92 Å². The van der Waals surface area contributed by atoms with Crippen molar-refractivity contribution in [3.63, 3.8) is 0 Å². The van der Waals surface area contributed by atoms with Gasteiger partial charge < -0.3 is 19.2 Å². The van der Waals surface area contributed by atoms with Gasteiger partial charge in [-0.3, -0.25) is 4.79 Å². The van der Waals surface area contributed by atoms with Gasteiger partial charge in [-0.2, -0.15) is 0 Å². The molecule has 2 heterocycles. The smallest absolute Gasteiger partial charge is 0.336 e.